The number of nitrogens with two attached hydrogens (primary N) is 1. The number of hydrazine groups is 1. The molecule has 1 aromatic carbocycles. The zero-order valence-corrected chi connectivity index (χ0v) is 13.0. The molecular formula is C14H21FN2S2. The molecule has 0 radical (unpaired) electrons. The largest absolute Gasteiger partial charge is 0.271 e. The highest BCUT2D eigenvalue weighted by Crippen LogP contribution is 2.40. The number of nitrogens with one attached hydrogen (secondary N) is 1. The summed E-state index contributed by atoms with van der Waals surface area (Å²) in [6.07, 6.45) is 1.12. The summed E-state index contributed by atoms with van der Waals surface area (Å²) in [6.45, 7) is 4.13. The lowest BCUT2D eigenvalue weighted by Gasteiger charge is -2.36. The molecular weight excluding hydrogens is 279 g/mol. The Balaban J connectivity index is 2.27. The van der Waals surface area contributed by atoms with E-state index in [1.54, 1.807) is 12.1 Å². The first-order valence-electron chi connectivity index (χ1n) is 6.62. The molecule has 3 N–H and O–H groups in total. The van der Waals surface area contributed by atoms with Gasteiger partial charge in [-0.05, 0) is 36.6 Å². The molecule has 1 saturated heterocycles. The van der Waals surface area contributed by atoms with Crippen LogP contribution in [0.2, 0.25) is 0 Å². The number of thioether (sulfide) groups is 2. The fraction of sp³-hybridized carbons (Fsp3) is 0.571. The van der Waals surface area contributed by atoms with Gasteiger partial charge in [0.05, 0.1) is 6.04 Å². The van der Waals surface area contributed by atoms with Crippen molar-refractivity contribution in [1.29, 1.82) is 0 Å². The zero-order chi connectivity index (χ0) is 13.8. The molecule has 106 valence electrons. The second-order valence-corrected chi connectivity index (χ2v) is 7.49. The number of benzene rings is 1. The van der Waals surface area contributed by atoms with Gasteiger partial charge in [-0.3, -0.25) is 11.3 Å². The molecule has 0 bridgehead atoms. The second-order valence-electron chi connectivity index (χ2n) is 4.86. The monoisotopic (exact) mass is 300 g/mol. The van der Waals surface area contributed by atoms with Crippen LogP contribution in [0.4, 0.5) is 4.39 Å². The van der Waals surface area contributed by atoms with Gasteiger partial charge in [0.2, 0.25) is 0 Å². The number of halogens is 1. The van der Waals surface area contributed by atoms with Gasteiger partial charge in [-0.2, -0.15) is 23.5 Å². The van der Waals surface area contributed by atoms with Gasteiger partial charge in [0, 0.05) is 22.0 Å². The van der Waals surface area contributed by atoms with E-state index in [0.29, 0.717) is 10.5 Å². The molecule has 0 spiro atoms. The number of hydrogen-bond acceptors (Lipinski definition) is 4. The summed E-state index contributed by atoms with van der Waals surface area (Å²) in [5, 5.41) is 0.971. The van der Waals surface area contributed by atoms with Crippen LogP contribution in [0.5, 0.6) is 0 Å². The minimum absolute atomic E-state index is 0.0112. The average Bonchev–Trinajstić information content (AvgIpc) is 2.39. The Morgan fingerprint density at radius 2 is 2.11 bits per heavy atom. The number of aryl methyl sites for hydroxylation is 1. The summed E-state index contributed by atoms with van der Waals surface area (Å²) in [6, 6.07) is 5.19. The summed E-state index contributed by atoms with van der Waals surface area (Å²) >= 11 is 3.96. The van der Waals surface area contributed by atoms with E-state index in [4.69, 9.17) is 5.84 Å². The first-order valence-corrected chi connectivity index (χ1v) is 8.72. The van der Waals surface area contributed by atoms with Crippen LogP contribution < -0.4 is 11.3 Å². The summed E-state index contributed by atoms with van der Waals surface area (Å²) in [5.74, 6) is 7.90. The summed E-state index contributed by atoms with van der Waals surface area (Å²) in [4.78, 5) is 0. The van der Waals surface area contributed by atoms with E-state index < -0.39 is 0 Å². The molecule has 0 aliphatic carbocycles. The molecule has 0 saturated carbocycles. The van der Waals surface area contributed by atoms with Crippen molar-refractivity contribution in [3.8, 4) is 0 Å². The maximum atomic E-state index is 13.6. The zero-order valence-electron chi connectivity index (χ0n) is 11.4. The van der Waals surface area contributed by atoms with Crippen molar-refractivity contribution in [2.45, 2.75) is 36.8 Å². The van der Waals surface area contributed by atoms with Gasteiger partial charge in [-0.15, -0.1) is 0 Å². The first-order chi connectivity index (χ1) is 9.15. The van der Waals surface area contributed by atoms with Gasteiger partial charge in [0.25, 0.3) is 0 Å². The van der Waals surface area contributed by atoms with E-state index in [-0.39, 0.29) is 11.9 Å². The standard InChI is InChI=1S/C14H21FN2S2/c1-3-12-14(19-5-4-18-12)13(17-16)10-6-9(2)7-11(15)8-10/h6-8,12-14,17H,3-5,16H2,1-2H3. The quantitative estimate of drug-likeness (QED) is 0.661. The molecule has 1 fully saturated rings. The minimum Gasteiger partial charge on any atom is -0.271 e. The molecule has 0 amide bonds. The van der Waals surface area contributed by atoms with Crippen LogP contribution in [0.15, 0.2) is 18.2 Å². The van der Waals surface area contributed by atoms with Gasteiger partial charge in [-0.25, -0.2) is 4.39 Å². The molecule has 5 heteroatoms. The average molecular weight is 300 g/mol. The Morgan fingerprint density at radius 3 is 2.74 bits per heavy atom. The van der Waals surface area contributed by atoms with Crippen molar-refractivity contribution < 1.29 is 4.39 Å². The molecule has 2 nitrogen and oxygen atoms in total. The molecule has 3 atom stereocenters. The van der Waals surface area contributed by atoms with E-state index in [9.17, 15) is 4.39 Å². The lowest BCUT2D eigenvalue weighted by Crippen LogP contribution is -2.41. The smallest absolute Gasteiger partial charge is 0.123 e. The van der Waals surface area contributed by atoms with Crippen LogP contribution in [0.1, 0.15) is 30.5 Å². The van der Waals surface area contributed by atoms with Crippen LogP contribution in [0.25, 0.3) is 0 Å². The molecule has 0 aromatic heterocycles. The topological polar surface area (TPSA) is 38.0 Å². The van der Waals surface area contributed by atoms with Crippen LogP contribution in [-0.4, -0.2) is 22.0 Å². The Morgan fingerprint density at radius 1 is 1.37 bits per heavy atom. The lowest BCUT2D eigenvalue weighted by atomic mass is 9.99. The van der Waals surface area contributed by atoms with Gasteiger partial charge in [0.1, 0.15) is 5.82 Å². The van der Waals surface area contributed by atoms with E-state index in [1.807, 2.05) is 36.5 Å². The van der Waals surface area contributed by atoms with Crippen molar-refractivity contribution in [3.05, 3.63) is 35.1 Å². The predicted octanol–water partition coefficient (Wildman–Crippen LogP) is 3.27. The molecule has 1 aromatic rings. The Kier molecular flexibility index (Phi) is 5.57. The predicted molar refractivity (Wildman–Crippen MR) is 84.0 cm³/mol. The van der Waals surface area contributed by atoms with Crippen molar-refractivity contribution in [3.63, 3.8) is 0 Å². The highest BCUT2D eigenvalue weighted by molar-refractivity contribution is 8.07. The van der Waals surface area contributed by atoms with E-state index in [2.05, 4.69) is 12.3 Å². The first kappa shape index (κ1) is 15.2. The Labute approximate surface area is 123 Å². The number of rotatable bonds is 4. The van der Waals surface area contributed by atoms with Crippen molar-refractivity contribution >= 4 is 23.5 Å². The third kappa shape index (κ3) is 3.66. The summed E-state index contributed by atoms with van der Waals surface area (Å²) in [7, 11) is 0. The van der Waals surface area contributed by atoms with Gasteiger partial charge in [0.15, 0.2) is 0 Å². The van der Waals surface area contributed by atoms with E-state index in [1.165, 1.54) is 5.75 Å². The SMILES string of the molecule is CCC1SCCSC1C(NN)c1cc(C)cc(F)c1. The maximum absolute atomic E-state index is 13.6. The molecule has 1 heterocycles. The van der Waals surface area contributed by atoms with Crippen molar-refractivity contribution in [2.24, 2.45) is 5.84 Å². The highest BCUT2D eigenvalue weighted by Gasteiger charge is 2.32. The van der Waals surface area contributed by atoms with Crippen LogP contribution >= 0.6 is 23.5 Å². The molecule has 1 aliphatic rings. The second kappa shape index (κ2) is 6.97. The maximum Gasteiger partial charge on any atom is 0.123 e. The molecule has 19 heavy (non-hydrogen) atoms. The fourth-order valence-corrected chi connectivity index (χ4v) is 5.81. The number of hydrogen-bond donors (Lipinski definition) is 2. The highest BCUT2D eigenvalue weighted by atomic mass is 32.2. The van der Waals surface area contributed by atoms with Crippen molar-refractivity contribution in [1.82, 2.24) is 5.43 Å². The van der Waals surface area contributed by atoms with Crippen LogP contribution in [-0.2, 0) is 0 Å². The Hall–Kier alpha value is -0.230. The third-order valence-corrected chi connectivity index (χ3v) is 6.78. The van der Waals surface area contributed by atoms with E-state index >= 15 is 0 Å². The van der Waals surface area contributed by atoms with Crippen LogP contribution in [0, 0.1) is 12.7 Å². The van der Waals surface area contributed by atoms with E-state index in [0.717, 1.165) is 23.3 Å². The lowest BCUT2D eigenvalue weighted by molar-refractivity contribution is 0.509. The fourth-order valence-electron chi connectivity index (χ4n) is 2.57. The normalized spacial score (nSPS) is 25.3. The van der Waals surface area contributed by atoms with Gasteiger partial charge < -0.3 is 0 Å². The van der Waals surface area contributed by atoms with Crippen molar-refractivity contribution in [2.75, 3.05) is 11.5 Å². The van der Waals surface area contributed by atoms with Crippen LogP contribution in [0.3, 0.4) is 0 Å². The molecule has 3 unspecified atom stereocenters. The third-order valence-electron chi connectivity index (χ3n) is 3.43. The molecule has 2 rings (SSSR count). The minimum atomic E-state index is -0.184. The molecule has 1 aliphatic heterocycles. The summed E-state index contributed by atoms with van der Waals surface area (Å²) in [5.41, 5.74) is 4.80. The van der Waals surface area contributed by atoms with Gasteiger partial charge in [-0.1, -0.05) is 13.0 Å². The Bertz CT molecular complexity index is 408. The van der Waals surface area contributed by atoms with Gasteiger partial charge >= 0.3 is 0 Å². The summed E-state index contributed by atoms with van der Waals surface area (Å²) < 4.78 is 13.6.